The number of amides is 1. The Kier molecular flexibility index (Phi) is 9.43. The first-order valence-electron chi connectivity index (χ1n) is 12.8. The van der Waals surface area contributed by atoms with Crippen LogP contribution in [0.4, 0.5) is 16.2 Å². The number of aliphatic hydroxyl groups excluding tert-OH is 1. The van der Waals surface area contributed by atoms with Crippen molar-refractivity contribution in [3.63, 3.8) is 0 Å². The molecule has 14 heteroatoms. The number of nitro groups is 1. The van der Waals surface area contributed by atoms with Gasteiger partial charge >= 0.3 is 11.8 Å². The topological polar surface area (TPSA) is 167 Å². The minimum absolute atomic E-state index is 0.185. The second-order valence-corrected chi connectivity index (χ2v) is 17.3. The lowest BCUT2D eigenvalue weighted by atomic mass is 9.88. The van der Waals surface area contributed by atoms with E-state index in [1.165, 1.54) is 12.4 Å². The summed E-state index contributed by atoms with van der Waals surface area (Å²) in [5.41, 5.74) is -0.383. The van der Waals surface area contributed by atoms with Crippen molar-refractivity contribution in [2.24, 2.45) is 0 Å². The summed E-state index contributed by atoms with van der Waals surface area (Å²) in [4.78, 5) is 31.8. The summed E-state index contributed by atoms with van der Waals surface area (Å²) in [6.45, 7) is 13.0. The SMILES string of the molecule is CC(C)(C)OC(=O)N[C@H]1CCC[C@@H](Nc2cc(-c3ncn(COCC[Si](C)(C)C)n3)ncc2[N+](=O)[O-])[C@@H]1O. The zero-order valence-electron chi connectivity index (χ0n) is 22.9. The van der Waals surface area contributed by atoms with E-state index in [9.17, 15) is 20.0 Å². The standard InChI is InChI=1S/C24H39N7O6Si/c1-24(2,3)37-23(33)28-17-9-7-8-16(21(17)32)27-18-12-19(25-13-20(18)31(34)35)22-26-14-30(29-22)15-36-10-11-38(4,5)6/h12-14,16-17,21,32H,7-11,15H2,1-6H3,(H,25,27)(H,28,33)/t16-,17+,21+/m1/s1. The maximum Gasteiger partial charge on any atom is 0.407 e. The molecule has 13 nitrogen and oxygen atoms in total. The highest BCUT2D eigenvalue weighted by Gasteiger charge is 2.35. The molecule has 0 unspecified atom stereocenters. The van der Waals surface area contributed by atoms with Gasteiger partial charge in [0.15, 0.2) is 5.82 Å². The van der Waals surface area contributed by atoms with Crippen molar-refractivity contribution in [3.8, 4) is 11.5 Å². The summed E-state index contributed by atoms with van der Waals surface area (Å²) in [7, 11) is -1.20. The summed E-state index contributed by atoms with van der Waals surface area (Å²) in [6.07, 6.45) is 2.88. The molecule has 1 amide bonds. The summed E-state index contributed by atoms with van der Waals surface area (Å²) in [6, 6.07) is 1.44. The lowest BCUT2D eigenvalue weighted by Gasteiger charge is -2.36. The molecule has 0 bridgehead atoms. The highest BCUT2D eigenvalue weighted by atomic mass is 28.3. The van der Waals surface area contributed by atoms with Gasteiger partial charge in [-0.25, -0.2) is 19.4 Å². The molecule has 2 aromatic heterocycles. The van der Waals surface area contributed by atoms with Gasteiger partial charge in [0.05, 0.1) is 23.1 Å². The predicted octanol–water partition coefficient (Wildman–Crippen LogP) is 3.78. The van der Waals surface area contributed by atoms with Gasteiger partial charge in [0.25, 0.3) is 0 Å². The van der Waals surface area contributed by atoms with Crippen molar-refractivity contribution in [2.75, 3.05) is 11.9 Å². The van der Waals surface area contributed by atoms with Crippen molar-refractivity contribution >= 4 is 25.5 Å². The average molecular weight is 550 g/mol. The van der Waals surface area contributed by atoms with Crippen LogP contribution < -0.4 is 10.6 Å². The fourth-order valence-corrected chi connectivity index (χ4v) is 4.75. The fourth-order valence-electron chi connectivity index (χ4n) is 4.00. The molecule has 0 saturated heterocycles. The summed E-state index contributed by atoms with van der Waals surface area (Å²) < 4.78 is 12.6. The van der Waals surface area contributed by atoms with Crippen LogP contribution in [0.3, 0.4) is 0 Å². The van der Waals surface area contributed by atoms with E-state index in [0.29, 0.717) is 37.4 Å². The number of hydrogen-bond acceptors (Lipinski definition) is 10. The van der Waals surface area contributed by atoms with Crippen LogP contribution in [-0.2, 0) is 16.2 Å². The summed E-state index contributed by atoms with van der Waals surface area (Å²) in [5, 5.41) is 32.9. The number of rotatable bonds is 10. The number of aromatic nitrogens is 4. The van der Waals surface area contributed by atoms with E-state index < -0.39 is 42.9 Å². The number of aliphatic hydroxyl groups is 1. The van der Waals surface area contributed by atoms with E-state index in [1.807, 2.05) is 0 Å². The van der Waals surface area contributed by atoms with E-state index in [-0.39, 0.29) is 18.1 Å². The van der Waals surface area contributed by atoms with Crippen molar-refractivity contribution < 1.29 is 24.3 Å². The van der Waals surface area contributed by atoms with E-state index >= 15 is 0 Å². The highest BCUT2D eigenvalue weighted by Crippen LogP contribution is 2.31. The van der Waals surface area contributed by atoms with Crippen molar-refractivity contribution in [1.29, 1.82) is 0 Å². The van der Waals surface area contributed by atoms with Crippen LogP contribution in [0.15, 0.2) is 18.6 Å². The van der Waals surface area contributed by atoms with Crippen LogP contribution in [-0.4, -0.2) is 74.3 Å². The highest BCUT2D eigenvalue weighted by molar-refractivity contribution is 6.76. The molecule has 1 fully saturated rings. The lowest BCUT2D eigenvalue weighted by Crippen LogP contribution is -2.54. The molecule has 3 atom stereocenters. The number of nitrogens with one attached hydrogen (secondary N) is 2. The van der Waals surface area contributed by atoms with Gasteiger partial charge in [-0.2, -0.15) is 0 Å². The molecule has 210 valence electrons. The number of hydrogen-bond donors (Lipinski definition) is 3. The molecule has 3 N–H and O–H groups in total. The molecule has 38 heavy (non-hydrogen) atoms. The van der Waals surface area contributed by atoms with E-state index in [1.54, 1.807) is 25.5 Å². The molecular formula is C24H39N7O6Si. The Morgan fingerprint density at radius 3 is 2.63 bits per heavy atom. The monoisotopic (exact) mass is 549 g/mol. The zero-order valence-corrected chi connectivity index (χ0v) is 23.9. The summed E-state index contributed by atoms with van der Waals surface area (Å²) in [5.74, 6) is 0.297. The van der Waals surface area contributed by atoms with Crippen molar-refractivity contribution in [3.05, 3.63) is 28.7 Å². The van der Waals surface area contributed by atoms with Gasteiger partial charge in [-0.3, -0.25) is 10.1 Å². The normalized spacial score (nSPS) is 20.1. The Bertz CT molecular complexity index is 1110. The molecular weight excluding hydrogens is 510 g/mol. The number of anilines is 1. The van der Waals surface area contributed by atoms with Crippen LogP contribution in [0.1, 0.15) is 40.0 Å². The Morgan fingerprint density at radius 2 is 1.97 bits per heavy atom. The lowest BCUT2D eigenvalue weighted by molar-refractivity contribution is -0.384. The van der Waals surface area contributed by atoms with E-state index in [0.717, 1.165) is 12.2 Å². The number of carbonyl (C=O) groups excluding carboxylic acids is 1. The number of pyridine rings is 1. The second-order valence-electron chi connectivity index (χ2n) is 11.7. The number of ether oxygens (including phenoxy) is 2. The maximum atomic E-state index is 12.2. The third-order valence-corrected chi connectivity index (χ3v) is 7.67. The van der Waals surface area contributed by atoms with Gasteiger partial charge in [-0.15, -0.1) is 5.10 Å². The predicted molar refractivity (Wildman–Crippen MR) is 144 cm³/mol. The first-order chi connectivity index (χ1) is 17.7. The molecule has 1 aliphatic rings. The first kappa shape index (κ1) is 29.5. The largest absolute Gasteiger partial charge is 0.444 e. The van der Waals surface area contributed by atoms with Crippen LogP contribution in [0, 0.1) is 10.1 Å². The molecule has 3 rings (SSSR count). The minimum Gasteiger partial charge on any atom is -0.444 e. The third kappa shape index (κ3) is 8.74. The second kappa shape index (κ2) is 12.2. The Hall–Kier alpha value is -3.10. The number of nitrogens with zero attached hydrogens (tertiary/aromatic N) is 5. The molecule has 1 aliphatic carbocycles. The average Bonchev–Trinajstić information content (AvgIpc) is 3.26. The van der Waals surface area contributed by atoms with Crippen molar-refractivity contribution in [2.45, 2.75) is 96.2 Å². The van der Waals surface area contributed by atoms with Gasteiger partial charge in [-0.1, -0.05) is 19.6 Å². The molecule has 2 aromatic rings. The smallest absolute Gasteiger partial charge is 0.407 e. The quantitative estimate of drug-likeness (QED) is 0.172. The minimum atomic E-state index is -1.20. The maximum absolute atomic E-state index is 12.2. The van der Waals surface area contributed by atoms with Crippen LogP contribution in [0.25, 0.3) is 11.5 Å². The zero-order chi connectivity index (χ0) is 28.1. The molecule has 0 aromatic carbocycles. The van der Waals surface area contributed by atoms with Gasteiger partial charge in [0.1, 0.15) is 36.2 Å². The van der Waals surface area contributed by atoms with Gasteiger partial charge in [0.2, 0.25) is 0 Å². The Balaban J connectivity index is 1.71. The van der Waals surface area contributed by atoms with Crippen molar-refractivity contribution in [1.82, 2.24) is 25.1 Å². The van der Waals surface area contributed by atoms with Gasteiger partial charge in [0, 0.05) is 14.7 Å². The van der Waals surface area contributed by atoms with Gasteiger partial charge < -0.3 is 25.2 Å². The Labute approximate surface area is 223 Å². The molecule has 1 saturated carbocycles. The van der Waals surface area contributed by atoms with Gasteiger partial charge in [-0.05, 0) is 52.1 Å². The molecule has 0 aliphatic heterocycles. The number of carbonyl (C=O) groups is 1. The molecule has 0 spiro atoms. The molecule has 0 radical (unpaired) electrons. The van der Waals surface area contributed by atoms with E-state index in [2.05, 4.69) is 45.3 Å². The van der Waals surface area contributed by atoms with Crippen LogP contribution in [0.5, 0.6) is 0 Å². The molecule has 2 heterocycles. The van der Waals surface area contributed by atoms with Crippen LogP contribution in [0.2, 0.25) is 25.7 Å². The summed E-state index contributed by atoms with van der Waals surface area (Å²) >= 11 is 0. The Morgan fingerprint density at radius 1 is 1.26 bits per heavy atom. The van der Waals surface area contributed by atoms with E-state index in [4.69, 9.17) is 9.47 Å². The third-order valence-electron chi connectivity index (χ3n) is 5.96. The number of alkyl carbamates (subject to hydrolysis) is 1. The fraction of sp³-hybridized carbons (Fsp3) is 0.667. The first-order valence-corrected chi connectivity index (χ1v) is 16.5. The van der Waals surface area contributed by atoms with Crippen LogP contribution >= 0.6 is 0 Å².